The number of benzene rings is 1. The SMILES string of the molecule is Cc1c(C(=O)C(=O)O)cc(Cl)c2c1OCCCO2. The number of rotatable bonds is 2. The summed E-state index contributed by atoms with van der Waals surface area (Å²) < 4.78 is 10.9. The Hall–Kier alpha value is -1.75. The quantitative estimate of drug-likeness (QED) is 0.658. The van der Waals surface area contributed by atoms with Gasteiger partial charge in [-0.3, -0.25) is 4.79 Å². The minimum Gasteiger partial charge on any atom is -0.489 e. The van der Waals surface area contributed by atoms with Gasteiger partial charge in [-0.25, -0.2) is 4.79 Å². The highest BCUT2D eigenvalue weighted by atomic mass is 35.5. The number of halogens is 1. The van der Waals surface area contributed by atoms with Crippen molar-refractivity contribution >= 4 is 23.4 Å². The van der Waals surface area contributed by atoms with Gasteiger partial charge in [-0.05, 0) is 13.0 Å². The first-order valence-electron chi connectivity index (χ1n) is 5.38. The molecule has 2 rings (SSSR count). The number of carbonyl (C=O) groups is 2. The lowest BCUT2D eigenvalue weighted by Gasteiger charge is -2.14. The summed E-state index contributed by atoms with van der Waals surface area (Å²) in [5.41, 5.74) is 0.459. The van der Waals surface area contributed by atoms with E-state index in [4.69, 9.17) is 26.2 Å². The topological polar surface area (TPSA) is 72.8 Å². The Morgan fingerprint density at radius 1 is 1.28 bits per heavy atom. The highest BCUT2D eigenvalue weighted by molar-refractivity contribution is 6.41. The lowest BCUT2D eigenvalue weighted by molar-refractivity contribution is -0.131. The van der Waals surface area contributed by atoms with Crippen molar-refractivity contribution in [1.29, 1.82) is 0 Å². The van der Waals surface area contributed by atoms with Crippen molar-refractivity contribution in [1.82, 2.24) is 0 Å². The summed E-state index contributed by atoms with van der Waals surface area (Å²) in [6.45, 7) is 2.52. The van der Waals surface area contributed by atoms with Crippen molar-refractivity contribution in [3.05, 3.63) is 22.2 Å². The van der Waals surface area contributed by atoms with Crippen LogP contribution < -0.4 is 9.47 Å². The molecule has 0 aromatic heterocycles. The Kier molecular flexibility index (Phi) is 3.43. The van der Waals surface area contributed by atoms with Crippen molar-refractivity contribution in [3.8, 4) is 11.5 Å². The molecule has 0 amide bonds. The second-order valence-electron chi connectivity index (χ2n) is 3.87. The highest BCUT2D eigenvalue weighted by Gasteiger charge is 2.25. The molecule has 0 bridgehead atoms. The first-order chi connectivity index (χ1) is 8.52. The smallest absolute Gasteiger partial charge is 0.377 e. The Morgan fingerprint density at radius 2 is 1.89 bits per heavy atom. The molecule has 5 nitrogen and oxygen atoms in total. The summed E-state index contributed by atoms with van der Waals surface area (Å²) >= 11 is 5.99. The number of carboxylic acids is 1. The number of carbonyl (C=O) groups excluding carboxylic acids is 1. The van der Waals surface area contributed by atoms with Crippen molar-refractivity contribution in [3.63, 3.8) is 0 Å². The van der Waals surface area contributed by atoms with Gasteiger partial charge in [-0.2, -0.15) is 0 Å². The summed E-state index contributed by atoms with van der Waals surface area (Å²) in [7, 11) is 0. The predicted octanol–water partition coefficient (Wildman–Crippen LogP) is 2.08. The number of hydrogen-bond donors (Lipinski definition) is 1. The molecule has 0 saturated heterocycles. The van der Waals surface area contributed by atoms with E-state index < -0.39 is 11.8 Å². The molecule has 1 aromatic carbocycles. The molecule has 1 aromatic rings. The zero-order valence-corrected chi connectivity index (χ0v) is 10.4. The molecule has 0 spiro atoms. The molecule has 0 saturated carbocycles. The monoisotopic (exact) mass is 270 g/mol. The number of fused-ring (bicyclic) bond motifs is 1. The van der Waals surface area contributed by atoms with Crippen LogP contribution in [0.2, 0.25) is 5.02 Å². The maximum atomic E-state index is 11.5. The van der Waals surface area contributed by atoms with E-state index in [0.717, 1.165) is 0 Å². The molecular weight excluding hydrogens is 260 g/mol. The maximum Gasteiger partial charge on any atom is 0.377 e. The van der Waals surface area contributed by atoms with E-state index in [2.05, 4.69) is 0 Å². The second-order valence-corrected chi connectivity index (χ2v) is 4.28. The summed E-state index contributed by atoms with van der Waals surface area (Å²) in [6.07, 6.45) is 0.701. The Labute approximate surface area is 108 Å². The van der Waals surface area contributed by atoms with Crippen molar-refractivity contribution in [2.45, 2.75) is 13.3 Å². The molecule has 0 radical (unpaired) electrons. The van der Waals surface area contributed by atoms with E-state index in [0.29, 0.717) is 36.7 Å². The van der Waals surface area contributed by atoms with E-state index in [1.165, 1.54) is 6.07 Å². The minimum absolute atomic E-state index is 0.0248. The summed E-state index contributed by atoms with van der Waals surface area (Å²) in [5.74, 6) is -1.81. The highest BCUT2D eigenvalue weighted by Crippen LogP contribution is 2.41. The number of aliphatic carboxylic acids is 1. The summed E-state index contributed by atoms with van der Waals surface area (Å²) in [4.78, 5) is 22.3. The molecule has 0 unspecified atom stereocenters. The van der Waals surface area contributed by atoms with Gasteiger partial charge in [0.05, 0.1) is 18.2 Å². The molecule has 1 aliphatic rings. The fourth-order valence-corrected chi connectivity index (χ4v) is 2.02. The average molecular weight is 271 g/mol. The molecule has 6 heteroatoms. The Bertz CT molecular complexity index is 524. The van der Waals surface area contributed by atoms with E-state index in [1.54, 1.807) is 6.92 Å². The molecule has 0 fully saturated rings. The minimum atomic E-state index is -1.52. The van der Waals surface area contributed by atoms with Crippen LogP contribution in [0.1, 0.15) is 22.3 Å². The van der Waals surface area contributed by atoms with Crippen LogP contribution in [0.3, 0.4) is 0 Å². The third-order valence-electron chi connectivity index (χ3n) is 2.66. The fourth-order valence-electron chi connectivity index (χ4n) is 1.77. The normalized spacial score (nSPS) is 13.9. The lowest BCUT2D eigenvalue weighted by atomic mass is 10.0. The molecule has 1 heterocycles. The van der Waals surface area contributed by atoms with Crippen LogP contribution in [0.15, 0.2) is 6.07 Å². The van der Waals surface area contributed by atoms with Crippen LogP contribution in [0.25, 0.3) is 0 Å². The standard InChI is InChI=1S/C12H11ClO5/c1-6-7(9(14)12(15)16)5-8(13)11-10(6)17-3-2-4-18-11/h5H,2-4H2,1H3,(H,15,16). The molecular formula is C12H11ClO5. The van der Waals surface area contributed by atoms with E-state index in [9.17, 15) is 9.59 Å². The Morgan fingerprint density at radius 3 is 2.50 bits per heavy atom. The summed E-state index contributed by atoms with van der Waals surface area (Å²) in [6, 6.07) is 1.31. The third-order valence-corrected chi connectivity index (χ3v) is 2.94. The Balaban J connectivity index is 2.58. The molecule has 0 aliphatic carbocycles. The van der Waals surface area contributed by atoms with Crippen LogP contribution >= 0.6 is 11.6 Å². The van der Waals surface area contributed by atoms with Crippen LogP contribution in [0.5, 0.6) is 11.5 Å². The molecule has 18 heavy (non-hydrogen) atoms. The van der Waals surface area contributed by atoms with E-state index >= 15 is 0 Å². The number of ketones is 1. The molecule has 1 aliphatic heterocycles. The lowest BCUT2D eigenvalue weighted by Crippen LogP contribution is -2.15. The van der Waals surface area contributed by atoms with Crippen molar-refractivity contribution in [2.24, 2.45) is 0 Å². The fraction of sp³-hybridized carbons (Fsp3) is 0.333. The number of carboxylic acid groups (broad SMARTS) is 1. The van der Waals surface area contributed by atoms with Gasteiger partial charge in [-0.15, -0.1) is 0 Å². The van der Waals surface area contributed by atoms with Crippen LogP contribution in [0, 0.1) is 6.92 Å². The van der Waals surface area contributed by atoms with Crippen LogP contribution in [0.4, 0.5) is 0 Å². The summed E-state index contributed by atoms with van der Waals surface area (Å²) in [5, 5.41) is 8.93. The van der Waals surface area contributed by atoms with Gasteiger partial charge in [0, 0.05) is 17.5 Å². The van der Waals surface area contributed by atoms with Crippen molar-refractivity contribution in [2.75, 3.05) is 13.2 Å². The van der Waals surface area contributed by atoms with Gasteiger partial charge < -0.3 is 14.6 Å². The van der Waals surface area contributed by atoms with Gasteiger partial charge in [0.2, 0.25) is 0 Å². The zero-order valence-electron chi connectivity index (χ0n) is 9.66. The average Bonchev–Trinajstić information content (AvgIpc) is 2.58. The number of ether oxygens (including phenoxy) is 2. The second kappa shape index (κ2) is 4.86. The first-order valence-corrected chi connectivity index (χ1v) is 5.76. The molecule has 0 atom stereocenters. The van der Waals surface area contributed by atoms with Crippen LogP contribution in [-0.4, -0.2) is 30.1 Å². The van der Waals surface area contributed by atoms with Gasteiger partial charge >= 0.3 is 5.97 Å². The van der Waals surface area contributed by atoms with Gasteiger partial charge in [-0.1, -0.05) is 11.6 Å². The van der Waals surface area contributed by atoms with E-state index in [-0.39, 0.29) is 10.6 Å². The molecule has 96 valence electrons. The molecule has 1 N–H and O–H groups in total. The third kappa shape index (κ3) is 2.13. The largest absolute Gasteiger partial charge is 0.489 e. The maximum absolute atomic E-state index is 11.5. The first kappa shape index (κ1) is 12.7. The predicted molar refractivity (Wildman–Crippen MR) is 63.8 cm³/mol. The van der Waals surface area contributed by atoms with Gasteiger partial charge in [0.25, 0.3) is 5.78 Å². The van der Waals surface area contributed by atoms with Crippen LogP contribution in [-0.2, 0) is 4.79 Å². The van der Waals surface area contributed by atoms with Gasteiger partial charge in [0.1, 0.15) is 0 Å². The number of Topliss-reactive ketones (excluding diaryl/α,β-unsaturated/α-hetero) is 1. The number of hydrogen-bond acceptors (Lipinski definition) is 4. The van der Waals surface area contributed by atoms with E-state index in [1.807, 2.05) is 0 Å². The van der Waals surface area contributed by atoms with Crippen molar-refractivity contribution < 1.29 is 24.2 Å². The van der Waals surface area contributed by atoms with Gasteiger partial charge in [0.15, 0.2) is 11.5 Å². The zero-order chi connectivity index (χ0) is 13.3.